The molecule has 3 aromatic rings. The Bertz CT molecular complexity index is 1010. The fourth-order valence-electron chi connectivity index (χ4n) is 3.51. The minimum atomic E-state index is -0.115. The SMILES string of the molecule is CN1CCN(Cc2cccc(CNC(=O)c3cnc(-c4ccccc4Cl)s3)c2)CC1. The van der Waals surface area contributed by atoms with Gasteiger partial charge in [-0.1, -0.05) is 54.1 Å². The van der Waals surface area contributed by atoms with Crippen LogP contribution in [0.3, 0.4) is 0 Å². The topological polar surface area (TPSA) is 48.5 Å². The summed E-state index contributed by atoms with van der Waals surface area (Å²) >= 11 is 7.59. The maximum Gasteiger partial charge on any atom is 0.263 e. The smallest absolute Gasteiger partial charge is 0.263 e. The van der Waals surface area contributed by atoms with Gasteiger partial charge < -0.3 is 10.2 Å². The van der Waals surface area contributed by atoms with Gasteiger partial charge in [-0.2, -0.15) is 0 Å². The van der Waals surface area contributed by atoms with E-state index >= 15 is 0 Å². The third-order valence-corrected chi connectivity index (χ3v) is 6.64. The second kappa shape index (κ2) is 9.71. The highest BCUT2D eigenvalue weighted by Crippen LogP contribution is 2.30. The van der Waals surface area contributed by atoms with Gasteiger partial charge >= 0.3 is 0 Å². The van der Waals surface area contributed by atoms with Gasteiger partial charge in [0.25, 0.3) is 5.91 Å². The summed E-state index contributed by atoms with van der Waals surface area (Å²) in [5, 5.41) is 4.39. The van der Waals surface area contributed by atoms with Crippen LogP contribution in [0.4, 0.5) is 0 Å². The molecular weight excluding hydrogens is 416 g/mol. The molecule has 0 saturated carbocycles. The number of benzene rings is 2. The van der Waals surface area contributed by atoms with E-state index in [-0.39, 0.29) is 5.91 Å². The van der Waals surface area contributed by atoms with Crippen molar-refractivity contribution in [3.05, 3.63) is 75.8 Å². The predicted octanol–water partition coefficient (Wildman–Crippen LogP) is 4.14. The molecule has 156 valence electrons. The third kappa shape index (κ3) is 5.26. The molecule has 0 unspecified atom stereocenters. The lowest BCUT2D eigenvalue weighted by molar-refractivity contribution is 0.0954. The molecule has 4 rings (SSSR count). The molecule has 1 fully saturated rings. The van der Waals surface area contributed by atoms with Crippen LogP contribution >= 0.6 is 22.9 Å². The first-order valence-electron chi connectivity index (χ1n) is 10.1. The molecule has 30 heavy (non-hydrogen) atoms. The molecule has 0 radical (unpaired) electrons. The van der Waals surface area contributed by atoms with Gasteiger partial charge in [-0.3, -0.25) is 9.69 Å². The molecule has 1 saturated heterocycles. The molecular formula is C23H25ClN4OS. The fraction of sp³-hybridized carbons (Fsp3) is 0.304. The van der Waals surface area contributed by atoms with Crippen molar-refractivity contribution in [2.75, 3.05) is 33.2 Å². The molecule has 1 aliphatic rings. The number of carbonyl (C=O) groups excluding carboxylic acids is 1. The number of aromatic nitrogens is 1. The predicted molar refractivity (Wildman–Crippen MR) is 123 cm³/mol. The summed E-state index contributed by atoms with van der Waals surface area (Å²) in [6.07, 6.45) is 1.61. The van der Waals surface area contributed by atoms with E-state index in [1.165, 1.54) is 16.9 Å². The van der Waals surface area contributed by atoms with Crippen molar-refractivity contribution in [1.82, 2.24) is 20.1 Å². The Morgan fingerprint density at radius 2 is 1.87 bits per heavy atom. The number of hydrogen-bond acceptors (Lipinski definition) is 5. The summed E-state index contributed by atoms with van der Waals surface area (Å²) < 4.78 is 0. The Balaban J connectivity index is 1.35. The third-order valence-electron chi connectivity index (χ3n) is 5.28. The zero-order chi connectivity index (χ0) is 20.9. The summed E-state index contributed by atoms with van der Waals surface area (Å²) in [4.78, 5) is 22.4. The molecule has 0 bridgehead atoms. The van der Waals surface area contributed by atoms with Crippen molar-refractivity contribution in [2.24, 2.45) is 0 Å². The van der Waals surface area contributed by atoms with Crippen LogP contribution in [0, 0.1) is 0 Å². The van der Waals surface area contributed by atoms with Gasteiger partial charge in [0.15, 0.2) is 0 Å². The van der Waals surface area contributed by atoms with Crippen LogP contribution in [-0.2, 0) is 13.1 Å². The molecule has 5 nitrogen and oxygen atoms in total. The molecule has 1 N–H and O–H groups in total. The van der Waals surface area contributed by atoms with Crippen LogP contribution in [0.2, 0.25) is 5.02 Å². The first kappa shape index (κ1) is 21.0. The van der Waals surface area contributed by atoms with Gasteiger partial charge in [-0.15, -0.1) is 11.3 Å². The molecule has 1 aliphatic heterocycles. The van der Waals surface area contributed by atoms with E-state index in [2.05, 4.69) is 51.4 Å². The summed E-state index contributed by atoms with van der Waals surface area (Å²) in [6.45, 7) is 5.86. The Morgan fingerprint density at radius 1 is 1.10 bits per heavy atom. The molecule has 2 heterocycles. The van der Waals surface area contributed by atoms with Gasteiger partial charge in [0.1, 0.15) is 9.88 Å². The highest BCUT2D eigenvalue weighted by molar-refractivity contribution is 7.17. The number of halogens is 1. The first-order valence-corrected chi connectivity index (χ1v) is 11.3. The molecule has 0 spiro atoms. The van der Waals surface area contributed by atoms with Crippen LogP contribution < -0.4 is 5.32 Å². The summed E-state index contributed by atoms with van der Waals surface area (Å²) in [5.74, 6) is -0.115. The van der Waals surface area contributed by atoms with Crippen LogP contribution in [0.1, 0.15) is 20.8 Å². The Hall–Kier alpha value is -2.25. The van der Waals surface area contributed by atoms with Crippen molar-refractivity contribution in [3.8, 4) is 10.6 Å². The molecule has 1 aromatic heterocycles. The van der Waals surface area contributed by atoms with Crippen molar-refractivity contribution in [3.63, 3.8) is 0 Å². The fourth-order valence-corrected chi connectivity index (χ4v) is 4.66. The van der Waals surface area contributed by atoms with Gasteiger partial charge in [0.05, 0.1) is 11.2 Å². The standard InChI is InChI=1S/C23H25ClN4OS/c1-27-9-11-28(12-10-27)16-18-6-4-5-17(13-18)14-25-22(29)21-15-26-23(30-21)19-7-2-3-8-20(19)24/h2-8,13,15H,9-12,14,16H2,1H3,(H,25,29). The number of hydrogen-bond donors (Lipinski definition) is 1. The number of nitrogens with one attached hydrogen (secondary N) is 1. The van der Waals surface area contributed by atoms with Crippen molar-refractivity contribution in [2.45, 2.75) is 13.1 Å². The molecule has 0 atom stereocenters. The number of thiazole rings is 1. The highest BCUT2D eigenvalue weighted by Gasteiger charge is 2.15. The van der Waals surface area contributed by atoms with Gasteiger partial charge in [-0.05, 0) is 24.2 Å². The lowest BCUT2D eigenvalue weighted by atomic mass is 10.1. The van der Waals surface area contributed by atoms with Crippen LogP contribution in [0.5, 0.6) is 0 Å². The minimum Gasteiger partial charge on any atom is -0.347 e. The van der Waals surface area contributed by atoms with Crippen molar-refractivity contribution >= 4 is 28.8 Å². The van der Waals surface area contributed by atoms with Crippen LogP contribution in [-0.4, -0.2) is 53.9 Å². The summed E-state index contributed by atoms with van der Waals surface area (Å²) in [5.41, 5.74) is 3.23. The second-order valence-corrected chi connectivity index (χ2v) is 9.03. The van der Waals surface area contributed by atoms with Gasteiger partial charge in [0.2, 0.25) is 0 Å². The number of rotatable bonds is 6. The van der Waals surface area contributed by atoms with E-state index in [0.29, 0.717) is 16.4 Å². The number of nitrogens with zero attached hydrogens (tertiary/aromatic N) is 3. The Morgan fingerprint density at radius 3 is 2.67 bits per heavy atom. The lowest BCUT2D eigenvalue weighted by Crippen LogP contribution is -2.43. The number of amides is 1. The normalized spacial score (nSPS) is 15.3. The molecule has 0 aliphatic carbocycles. The minimum absolute atomic E-state index is 0.115. The average Bonchev–Trinajstić information content (AvgIpc) is 3.24. The first-order chi connectivity index (χ1) is 14.6. The second-order valence-electron chi connectivity index (χ2n) is 7.59. The van der Waals surface area contributed by atoms with Crippen LogP contribution in [0.15, 0.2) is 54.7 Å². The van der Waals surface area contributed by atoms with Crippen molar-refractivity contribution in [1.29, 1.82) is 0 Å². The van der Waals surface area contributed by atoms with Gasteiger partial charge in [0, 0.05) is 44.8 Å². The maximum atomic E-state index is 12.6. The number of likely N-dealkylation sites (N-methyl/N-ethyl adjacent to an activating group) is 1. The zero-order valence-electron chi connectivity index (χ0n) is 17.0. The van der Waals surface area contributed by atoms with Gasteiger partial charge in [-0.25, -0.2) is 4.98 Å². The largest absolute Gasteiger partial charge is 0.347 e. The summed E-state index contributed by atoms with van der Waals surface area (Å²) in [7, 11) is 2.17. The van der Waals surface area contributed by atoms with Crippen molar-refractivity contribution < 1.29 is 4.79 Å². The monoisotopic (exact) mass is 440 g/mol. The van der Waals surface area contributed by atoms with E-state index in [9.17, 15) is 4.79 Å². The van der Waals surface area contributed by atoms with E-state index in [1.807, 2.05) is 24.3 Å². The number of piperazine rings is 1. The average molecular weight is 441 g/mol. The Labute approximate surface area is 186 Å². The van der Waals surface area contributed by atoms with E-state index < -0.39 is 0 Å². The maximum absolute atomic E-state index is 12.6. The van der Waals surface area contributed by atoms with E-state index in [4.69, 9.17) is 11.6 Å². The van der Waals surface area contributed by atoms with E-state index in [0.717, 1.165) is 48.9 Å². The summed E-state index contributed by atoms with van der Waals surface area (Å²) in [6, 6.07) is 16.0. The van der Waals surface area contributed by atoms with E-state index in [1.54, 1.807) is 6.20 Å². The molecule has 1 amide bonds. The molecule has 2 aromatic carbocycles. The Kier molecular flexibility index (Phi) is 6.79. The number of carbonyl (C=O) groups is 1. The zero-order valence-corrected chi connectivity index (χ0v) is 18.5. The quantitative estimate of drug-likeness (QED) is 0.625. The highest BCUT2D eigenvalue weighted by atomic mass is 35.5. The van der Waals surface area contributed by atoms with Crippen LogP contribution in [0.25, 0.3) is 10.6 Å². The lowest BCUT2D eigenvalue weighted by Gasteiger charge is -2.32. The molecule has 7 heteroatoms.